The topological polar surface area (TPSA) is 78.9 Å². The zero-order chi connectivity index (χ0) is 15.6. The highest BCUT2D eigenvalue weighted by Gasteiger charge is 2.29. The summed E-state index contributed by atoms with van der Waals surface area (Å²) in [5.41, 5.74) is 0. The SMILES string of the molecule is O=C(Oc1c(F)cc(F)cc1F)OC1CCOS(=O)(=O)C1. The van der Waals surface area contributed by atoms with Crippen molar-refractivity contribution < 1.29 is 40.0 Å². The predicted octanol–water partition coefficient (Wildman–Crippen LogP) is 1.74. The summed E-state index contributed by atoms with van der Waals surface area (Å²) >= 11 is 0. The molecule has 6 nitrogen and oxygen atoms in total. The van der Waals surface area contributed by atoms with Gasteiger partial charge < -0.3 is 9.47 Å². The Kier molecular flexibility index (Phi) is 4.37. The lowest BCUT2D eigenvalue weighted by atomic mass is 10.3. The first-order valence-electron chi connectivity index (χ1n) is 5.67. The monoisotopic (exact) mass is 326 g/mol. The molecule has 1 aliphatic heterocycles. The second-order valence-electron chi connectivity index (χ2n) is 4.13. The van der Waals surface area contributed by atoms with Crippen LogP contribution in [0.5, 0.6) is 5.75 Å². The van der Waals surface area contributed by atoms with Crippen LogP contribution in [-0.2, 0) is 19.0 Å². The van der Waals surface area contributed by atoms with E-state index in [-0.39, 0.29) is 13.0 Å². The Morgan fingerprint density at radius 1 is 1.24 bits per heavy atom. The smallest absolute Gasteiger partial charge is 0.429 e. The molecule has 1 aliphatic rings. The Labute approximate surface area is 117 Å². The molecule has 10 heteroatoms. The molecule has 0 radical (unpaired) electrons. The highest BCUT2D eigenvalue weighted by molar-refractivity contribution is 7.86. The number of hydrogen-bond acceptors (Lipinski definition) is 6. The Hall–Kier alpha value is -1.81. The molecule has 1 heterocycles. The van der Waals surface area contributed by atoms with E-state index in [0.717, 1.165) is 0 Å². The molecule has 1 aromatic rings. The van der Waals surface area contributed by atoms with Gasteiger partial charge in [-0.15, -0.1) is 0 Å². The fraction of sp³-hybridized carbons (Fsp3) is 0.364. The number of halogens is 3. The number of ether oxygens (including phenoxy) is 2. The summed E-state index contributed by atoms with van der Waals surface area (Å²) in [6.07, 6.45) is -2.47. The van der Waals surface area contributed by atoms with E-state index >= 15 is 0 Å². The molecule has 0 saturated carbocycles. The van der Waals surface area contributed by atoms with E-state index in [1.807, 2.05) is 0 Å². The third kappa shape index (κ3) is 4.08. The van der Waals surface area contributed by atoms with Gasteiger partial charge in [0.2, 0.25) is 5.75 Å². The molecule has 1 atom stereocenters. The van der Waals surface area contributed by atoms with Crippen LogP contribution in [0.25, 0.3) is 0 Å². The first-order chi connectivity index (χ1) is 9.77. The van der Waals surface area contributed by atoms with Crippen molar-refractivity contribution in [1.29, 1.82) is 0 Å². The van der Waals surface area contributed by atoms with Gasteiger partial charge in [-0.05, 0) is 0 Å². The maximum atomic E-state index is 13.2. The molecule has 2 rings (SSSR count). The van der Waals surface area contributed by atoms with Gasteiger partial charge in [0.1, 0.15) is 17.7 Å². The van der Waals surface area contributed by atoms with Crippen molar-refractivity contribution in [1.82, 2.24) is 0 Å². The lowest BCUT2D eigenvalue weighted by Crippen LogP contribution is -2.35. The molecule has 1 saturated heterocycles. The summed E-state index contributed by atoms with van der Waals surface area (Å²) in [5.74, 6) is -5.75. The summed E-state index contributed by atoms with van der Waals surface area (Å²) in [4.78, 5) is 11.4. The van der Waals surface area contributed by atoms with Crippen LogP contribution in [-0.4, -0.2) is 33.0 Å². The van der Waals surface area contributed by atoms with E-state index < -0.39 is 51.3 Å². The van der Waals surface area contributed by atoms with Crippen molar-refractivity contribution >= 4 is 16.3 Å². The first-order valence-corrected chi connectivity index (χ1v) is 7.25. The fourth-order valence-corrected chi connectivity index (χ4v) is 2.76. The minimum absolute atomic E-state index is 0.0860. The van der Waals surface area contributed by atoms with Crippen molar-refractivity contribution in [2.45, 2.75) is 12.5 Å². The normalized spacial score (nSPS) is 20.8. The quantitative estimate of drug-likeness (QED) is 0.468. The second kappa shape index (κ2) is 5.90. The van der Waals surface area contributed by atoms with Crippen molar-refractivity contribution in [3.63, 3.8) is 0 Å². The highest BCUT2D eigenvalue weighted by atomic mass is 32.2. The van der Waals surface area contributed by atoms with E-state index in [0.29, 0.717) is 12.1 Å². The van der Waals surface area contributed by atoms with Crippen LogP contribution < -0.4 is 4.74 Å². The maximum absolute atomic E-state index is 13.2. The summed E-state index contributed by atoms with van der Waals surface area (Å²) in [7, 11) is -3.80. The van der Waals surface area contributed by atoms with Crippen LogP contribution in [0.3, 0.4) is 0 Å². The van der Waals surface area contributed by atoms with Gasteiger partial charge in [0.05, 0.1) is 6.61 Å². The van der Waals surface area contributed by atoms with Crippen LogP contribution in [0.1, 0.15) is 6.42 Å². The van der Waals surface area contributed by atoms with Crippen molar-refractivity contribution in [2.24, 2.45) is 0 Å². The average molecular weight is 326 g/mol. The van der Waals surface area contributed by atoms with Gasteiger partial charge in [0.15, 0.2) is 11.6 Å². The molecule has 0 amide bonds. The molecule has 0 bridgehead atoms. The van der Waals surface area contributed by atoms with Gasteiger partial charge >= 0.3 is 6.16 Å². The summed E-state index contributed by atoms with van der Waals surface area (Å²) in [5, 5.41) is 0. The van der Waals surface area contributed by atoms with Gasteiger partial charge in [-0.1, -0.05) is 0 Å². The van der Waals surface area contributed by atoms with Gasteiger partial charge in [-0.2, -0.15) is 8.42 Å². The van der Waals surface area contributed by atoms with E-state index in [1.54, 1.807) is 0 Å². The van der Waals surface area contributed by atoms with E-state index in [2.05, 4.69) is 13.7 Å². The Balaban J connectivity index is 2.02. The fourth-order valence-electron chi connectivity index (χ4n) is 1.63. The summed E-state index contributed by atoms with van der Waals surface area (Å²) in [6.45, 7) is -0.181. The maximum Gasteiger partial charge on any atom is 0.514 e. The average Bonchev–Trinajstić information content (AvgIpc) is 2.32. The lowest BCUT2D eigenvalue weighted by molar-refractivity contribution is 0.0488. The Bertz CT molecular complexity index is 637. The zero-order valence-electron chi connectivity index (χ0n) is 10.3. The molecule has 1 fully saturated rings. The van der Waals surface area contributed by atoms with Crippen LogP contribution in [0, 0.1) is 17.5 Å². The van der Waals surface area contributed by atoms with Gasteiger partial charge in [-0.25, -0.2) is 18.0 Å². The summed E-state index contributed by atoms with van der Waals surface area (Å²) < 4.78 is 74.8. The van der Waals surface area contributed by atoms with Crippen LogP contribution in [0.15, 0.2) is 12.1 Å². The number of rotatable bonds is 2. The molecule has 0 N–H and O–H groups in total. The number of hydrogen-bond donors (Lipinski definition) is 0. The number of benzene rings is 1. The second-order valence-corrected chi connectivity index (χ2v) is 5.81. The highest BCUT2D eigenvalue weighted by Crippen LogP contribution is 2.23. The molecular formula is C11H9F3O6S. The van der Waals surface area contributed by atoms with Crippen LogP contribution in [0.4, 0.5) is 18.0 Å². The molecule has 0 spiro atoms. The minimum Gasteiger partial charge on any atom is -0.429 e. The lowest BCUT2D eigenvalue weighted by Gasteiger charge is -2.21. The predicted molar refractivity (Wildman–Crippen MR) is 61.6 cm³/mol. The van der Waals surface area contributed by atoms with E-state index in [9.17, 15) is 26.4 Å². The third-order valence-electron chi connectivity index (χ3n) is 2.50. The van der Waals surface area contributed by atoms with Gasteiger partial charge in [0.25, 0.3) is 10.1 Å². The molecule has 1 unspecified atom stereocenters. The van der Waals surface area contributed by atoms with E-state index in [4.69, 9.17) is 0 Å². The molecular weight excluding hydrogens is 317 g/mol. The molecule has 21 heavy (non-hydrogen) atoms. The summed E-state index contributed by atoms with van der Waals surface area (Å²) in [6, 6.07) is 0.648. The van der Waals surface area contributed by atoms with E-state index in [1.165, 1.54) is 0 Å². The Morgan fingerprint density at radius 3 is 2.43 bits per heavy atom. The minimum atomic E-state index is -3.80. The van der Waals surface area contributed by atoms with Gasteiger partial charge in [0, 0.05) is 18.6 Å². The van der Waals surface area contributed by atoms with Crippen molar-refractivity contribution in [2.75, 3.05) is 12.4 Å². The molecule has 116 valence electrons. The first kappa shape index (κ1) is 15.6. The van der Waals surface area contributed by atoms with Gasteiger partial charge in [-0.3, -0.25) is 4.18 Å². The molecule has 1 aromatic carbocycles. The van der Waals surface area contributed by atoms with Crippen molar-refractivity contribution in [3.05, 3.63) is 29.6 Å². The van der Waals surface area contributed by atoms with Crippen molar-refractivity contribution in [3.8, 4) is 5.75 Å². The number of carbonyl (C=O) groups excluding carboxylic acids is 1. The van der Waals surface area contributed by atoms with Crippen LogP contribution in [0.2, 0.25) is 0 Å². The molecule has 0 aromatic heterocycles. The standard InChI is InChI=1S/C11H9F3O6S/c12-6-3-8(13)10(9(14)4-6)20-11(15)19-7-1-2-18-21(16,17)5-7/h3-4,7H,1-2,5H2. The van der Waals surface area contributed by atoms with Crippen LogP contribution >= 0.6 is 0 Å². The zero-order valence-corrected chi connectivity index (χ0v) is 11.2. The third-order valence-corrected chi connectivity index (χ3v) is 3.81. The Morgan fingerprint density at radius 2 is 1.86 bits per heavy atom. The largest absolute Gasteiger partial charge is 0.514 e. The molecule has 0 aliphatic carbocycles. The number of carbonyl (C=O) groups is 1.